The molecule has 1 heterocycles. The molecule has 1 aromatic heterocycles. The summed E-state index contributed by atoms with van der Waals surface area (Å²) >= 11 is 0. The highest BCUT2D eigenvalue weighted by atomic mass is 16.5. The lowest BCUT2D eigenvalue weighted by Gasteiger charge is -2.08. The van der Waals surface area contributed by atoms with Gasteiger partial charge in [0.05, 0.1) is 19.0 Å². The van der Waals surface area contributed by atoms with Crippen LogP contribution in [0.15, 0.2) is 48.8 Å². The number of nitrogens with one attached hydrogen (secondary N) is 1. The largest absolute Gasteiger partial charge is 0.496 e. The monoisotopic (exact) mass is 268 g/mol. The summed E-state index contributed by atoms with van der Waals surface area (Å²) in [5, 5.41) is 2.90. The number of benzene rings is 1. The van der Waals surface area contributed by atoms with Gasteiger partial charge in [-0.05, 0) is 36.1 Å². The molecule has 2 atom stereocenters. The number of hydrogen-bond donors (Lipinski definition) is 1. The Morgan fingerprint density at radius 2 is 2.15 bits per heavy atom. The molecule has 1 aliphatic carbocycles. The number of amides is 1. The Balaban J connectivity index is 1.68. The molecule has 0 saturated heterocycles. The van der Waals surface area contributed by atoms with Crippen molar-refractivity contribution in [2.75, 3.05) is 12.4 Å². The van der Waals surface area contributed by atoms with E-state index >= 15 is 0 Å². The molecular weight excluding hydrogens is 252 g/mol. The molecular formula is C16H16N2O2. The van der Waals surface area contributed by atoms with Crippen LogP contribution < -0.4 is 10.1 Å². The molecule has 2 aromatic rings. The molecule has 4 nitrogen and oxygen atoms in total. The van der Waals surface area contributed by atoms with Gasteiger partial charge in [0.1, 0.15) is 5.75 Å². The maximum atomic E-state index is 12.2. The number of nitrogens with zero attached hydrogens (tertiary/aromatic N) is 1. The summed E-state index contributed by atoms with van der Waals surface area (Å²) in [7, 11) is 1.66. The molecule has 4 heteroatoms. The molecule has 1 N–H and O–H groups in total. The molecule has 0 aliphatic heterocycles. The first-order valence-electron chi connectivity index (χ1n) is 6.63. The summed E-state index contributed by atoms with van der Waals surface area (Å²) < 4.78 is 5.35. The summed E-state index contributed by atoms with van der Waals surface area (Å²) in [6.07, 6.45) is 4.20. The molecule has 1 saturated carbocycles. The van der Waals surface area contributed by atoms with Crippen LogP contribution in [0.2, 0.25) is 0 Å². The third kappa shape index (κ3) is 2.50. The Morgan fingerprint density at radius 3 is 2.90 bits per heavy atom. The standard InChI is InChI=1S/C16H16N2O2/c1-20-15-7-3-2-6-12(15)13-9-14(13)16(19)18-11-5-4-8-17-10-11/h2-8,10,13-14H,9H2,1H3,(H,18,19)/t13-,14+/m0/s1. The van der Waals surface area contributed by atoms with Crippen LogP contribution in [0, 0.1) is 5.92 Å². The van der Waals surface area contributed by atoms with Gasteiger partial charge in [0.25, 0.3) is 0 Å². The number of carbonyl (C=O) groups excluding carboxylic acids is 1. The van der Waals surface area contributed by atoms with Crippen molar-refractivity contribution in [3.63, 3.8) is 0 Å². The topological polar surface area (TPSA) is 51.2 Å². The molecule has 1 fully saturated rings. The quantitative estimate of drug-likeness (QED) is 0.927. The van der Waals surface area contributed by atoms with Crippen molar-refractivity contribution in [1.82, 2.24) is 4.98 Å². The third-order valence-corrected chi connectivity index (χ3v) is 3.59. The first-order chi connectivity index (χ1) is 9.79. The third-order valence-electron chi connectivity index (χ3n) is 3.59. The summed E-state index contributed by atoms with van der Waals surface area (Å²) in [4.78, 5) is 16.2. The van der Waals surface area contributed by atoms with Gasteiger partial charge in [0.2, 0.25) is 5.91 Å². The van der Waals surface area contributed by atoms with Crippen LogP contribution in [0.1, 0.15) is 17.9 Å². The molecule has 0 bridgehead atoms. The minimum absolute atomic E-state index is 0.0199. The van der Waals surface area contributed by atoms with Crippen molar-refractivity contribution in [2.24, 2.45) is 5.92 Å². The zero-order valence-electron chi connectivity index (χ0n) is 11.2. The van der Waals surface area contributed by atoms with E-state index in [0.717, 1.165) is 23.4 Å². The van der Waals surface area contributed by atoms with E-state index in [1.807, 2.05) is 30.3 Å². The minimum atomic E-state index is 0.0199. The van der Waals surface area contributed by atoms with Gasteiger partial charge in [-0.2, -0.15) is 0 Å². The lowest BCUT2D eigenvalue weighted by Crippen LogP contribution is -2.14. The van der Waals surface area contributed by atoms with Gasteiger partial charge in [0, 0.05) is 12.1 Å². The number of para-hydroxylation sites is 1. The predicted molar refractivity (Wildman–Crippen MR) is 76.7 cm³/mol. The number of methoxy groups -OCH3 is 1. The second-order valence-electron chi connectivity index (χ2n) is 4.92. The molecule has 0 unspecified atom stereocenters. The van der Waals surface area contributed by atoms with Crippen LogP contribution in [0.4, 0.5) is 5.69 Å². The summed E-state index contributed by atoms with van der Waals surface area (Å²) in [5.74, 6) is 1.18. The van der Waals surface area contributed by atoms with E-state index in [-0.39, 0.29) is 17.7 Å². The fourth-order valence-corrected chi connectivity index (χ4v) is 2.47. The van der Waals surface area contributed by atoms with E-state index in [2.05, 4.69) is 10.3 Å². The molecule has 1 aliphatic rings. The second kappa shape index (κ2) is 5.33. The Labute approximate surface area is 117 Å². The number of anilines is 1. The fraction of sp³-hybridized carbons (Fsp3) is 0.250. The Hall–Kier alpha value is -2.36. The van der Waals surface area contributed by atoms with Crippen LogP contribution in [0.5, 0.6) is 5.75 Å². The maximum absolute atomic E-state index is 12.2. The van der Waals surface area contributed by atoms with Crippen LogP contribution in [-0.4, -0.2) is 18.0 Å². The van der Waals surface area contributed by atoms with E-state index in [4.69, 9.17) is 4.74 Å². The molecule has 0 spiro atoms. The normalized spacial score (nSPS) is 20.2. The highest BCUT2D eigenvalue weighted by molar-refractivity contribution is 5.95. The van der Waals surface area contributed by atoms with Crippen LogP contribution in [0.3, 0.4) is 0 Å². The number of hydrogen-bond acceptors (Lipinski definition) is 3. The molecule has 3 rings (SSSR count). The SMILES string of the molecule is COc1ccccc1[C@@H]1C[C@H]1C(=O)Nc1cccnc1. The predicted octanol–water partition coefficient (Wildman–Crippen LogP) is 2.83. The molecule has 20 heavy (non-hydrogen) atoms. The number of rotatable bonds is 4. The average Bonchev–Trinajstić information content (AvgIpc) is 3.28. The van der Waals surface area contributed by atoms with Crippen LogP contribution >= 0.6 is 0 Å². The number of carbonyl (C=O) groups is 1. The van der Waals surface area contributed by atoms with Crippen molar-refractivity contribution in [3.8, 4) is 5.75 Å². The Kier molecular flexibility index (Phi) is 3.37. The zero-order chi connectivity index (χ0) is 13.9. The summed E-state index contributed by atoms with van der Waals surface area (Å²) in [5.41, 5.74) is 1.85. The summed E-state index contributed by atoms with van der Waals surface area (Å²) in [6.45, 7) is 0. The van der Waals surface area contributed by atoms with Crippen LogP contribution in [-0.2, 0) is 4.79 Å². The van der Waals surface area contributed by atoms with Gasteiger partial charge in [-0.1, -0.05) is 18.2 Å². The fourth-order valence-electron chi connectivity index (χ4n) is 2.47. The van der Waals surface area contributed by atoms with Gasteiger partial charge in [-0.3, -0.25) is 9.78 Å². The lowest BCUT2D eigenvalue weighted by molar-refractivity contribution is -0.117. The Morgan fingerprint density at radius 1 is 1.30 bits per heavy atom. The second-order valence-corrected chi connectivity index (χ2v) is 4.92. The smallest absolute Gasteiger partial charge is 0.228 e. The molecule has 0 radical (unpaired) electrons. The lowest BCUT2D eigenvalue weighted by atomic mass is 10.1. The van der Waals surface area contributed by atoms with Crippen molar-refractivity contribution < 1.29 is 9.53 Å². The first kappa shape index (κ1) is 12.7. The van der Waals surface area contributed by atoms with Gasteiger partial charge in [-0.25, -0.2) is 0 Å². The zero-order valence-corrected chi connectivity index (χ0v) is 11.2. The summed E-state index contributed by atoms with van der Waals surface area (Å²) in [6, 6.07) is 11.5. The minimum Gasteiger partial charge on any atom is -0.496 e. The number of aromatic nitrogens is 1. The van der Waals surface area contributed by atoms with E-state index in [1.54, 1.807) is 25.6 Å². The van der Waals surface area contributed by atoms with E-state index in [0.29, 0.717) is 0 Å². The van der Waals surface area contributed by atoms with E-state index in [9.17, 15) is 4.79 Å². The molecule has 1 aromatic carbocycles. The van der Waals surface area contributed by atoms with Crippen molar-refractivity contribution in [3.05, 3.63) is 54.4 Å². The van der Waals surface area contributed by atoms with E-state index in [1.165, 1.54) is 0 Å². The molecule has 1 amide bonds. The van der Waals surface area contributed by atoms with Gasteiger partial charge in [-0.15, -0.1) is 0 Å². The van der Waals surface area contributed by atoms with Gasteiger partial charge in [0.15, 0.2) is 0 Å². The number of ether oxygens (including phenoxy) is 1. The first-order valence-corrected chi connectivity index (χ1v) is 6.63. The van der Waals surface area contributed by atoms with Crippen molar-refractivity contribution >= 4 is 11.6 Å². The van der Waals surface area contributed by atoms with Crippen molar-refractivity contribution in [1.29, 1.82) is 0 Å². The van der Waals surface area contributed by atoms with Crippen LogP contribution in [0.25, 0.3) is 0 Å². The Bertz CT molecular complexity index is 613. The molecule has 102 valence electrons. The van der Waals surface area contributed by atoms with E-state index < -0.39 is 0 Å². The number of pyridine rings is 1. The van der Waals surface area contributed by atoms with Crippen molar-refractivity contribution in [2.45, 2.75) is 12.3 Å². The van der Waals surface area contributed by atoms with Gasteiger partial charge >= 0.3 is 0 Å². The average molecular weight is 268 g/mol. The highest BCUT2D eigenvalue weighted by Gasteiger charge is 2.45. The highest BCUT2D eigenvalue weighted by Crippen LogP contribution is 2.50. The maximum Gasteiger partial charge on any atom is 0.228 e. The van der Waals surface area contributed by atoms with Gasteiger partial charge < -0.3 is 10.1 Å².